The van der Waals surface area contributed by atoms with E-state index in [9.17, 15) is 14.0 Å². The Bertz CT molecular complexity index is 798. The Balaban J connectivity index is 1.76. The molecular weight excluding hydrogens is 361 g/mol. The van der Waals surface area contributed by atoms with E-state index >= 15 is 0 Å². The number of halogens is 1. The topological polar surface area (TPSA) is 70.7 Å². The minimum absolute atomic E-state index is 0.0917. The zero-order chi connectivity index (χ0) is 20.4. The molecule has 0 radical (unpaired) electrons. The minimum Gasteiger partial charge on any atom is -0.497 e. The quantitative estimate of drug-likeness (QED) is 0.657. The van der Waals surface area contributed by atoms with Crippen molar-refractivity contribution < 1.29 is 18.7 Å². The molecule has 0 aliphatic carbocycles. The first kappa shape index (κ1) is 21.4. The SMILES string of the molecule is CCN(CC(=O)NCCc1ccccc1F)CC(=O)Nc1cccc(OC)c1. The number of hydrogen-bond donors (Lipinski definition) is 2. The molecule has 28 heavy (non-hydrogen) atoms. The van der Waals surface area contributed by atoms with Crippen LogP contribution in [0.25, 0.3) is 0 Å². The first-order valence-electron chi connectivity index (χ1n) is 9.18. The summed E-state index contributed by atoms with van der Waals surface area (Å²) < 4.78 is 18.7. The Kier molecular flexibility index (Phi) is 8.42. The van der Waals surface area contributed by atoms with E-state index in [1.165, 1.54) is 6.07 Å². The van der Waals surface area contributed by atoms with Gasteiger partial charge in [0.05, 0.1) is 20.2 Å². The summed E-state index contributed by atoms with van der Waals surface area (Å²) >= 11 is 0. The molecule has 0 bridgehead atoms. The Morgan fingerprint density at radius 1 is 1.07 bits per heavy atom. The first-order valence-corrected chi connectivity index (χ1v) is 9.18. The van der Waals surface area contributed by atoms with Gasteiger partial charge in [-0.15, -0.1) is 0 Å². The standard InChI is InChI=1S/C21H26FN3O3/c1-3-25(15-21(27)24-17-8-6-9-18(13-17)28-2)14-20(26)23-12-11-16-7-4-5-10-19(16)22/h4-10,13H,3,11-12,14-15H2,1-2H3,(H,23,26)(H,24,27). The minimum atomic E-state index is -0.277. The monoisotopic (exact) mass is 387 g/mol. The molecule has 0 unspecified atom stereocenters. The van der Waals surface area contributed by atoms with Gasteiger partial charge in [-0.05, 0) is 36.7 Å². The molecule has 2 N–H and O–H groups in total. The smallest absolute Gasteiger partial charge is 0.238 e. The lowest BCUT2D eigenvalue weighted by Crippen LogP contribution is -2.41. The first-order chi connectivity index (χ1) is 13.5. The number of carbonyl (C=O) groups excluding carboxylic acids is 2. The fourth-order valence-electron chi connectivity index (χ4n) is 2.68. The number of likely N-dealkylation sites (N-methyl/N-ethyl adjacent to an activating group) is 1. The van der Waals surface area contributed by atoms with E-state index in [1.807, 2.05) is 6.92 Å². The average molecular weight is 387 g/mol. The van der Waals surface area contributed by atoms with Crippen molar-refractivity contribution in [3.63, 3.8) is 0 Å². The van der Waals surface area contributed by atoms with Gasteiger partial charge < -0.3 is 15.4 Å². The molecule has 0 atom stereocenters. The molecule has 2 aromatic rings. The lowest BCUT2D eigenvalue weighted by molar-refractivity contribution is -0.123. The van der Waals surface area contributed by atoms with Crippen molar-refractivity contribution in [2.75, 3.05) is 38.6 Å². The van der Waals surface area contributed by atoms with Gasteiger partial charge in [-0.3, -0.25) is 14.5 Å². The van der Waals surface area contributed by atoms with Crippen LogP contribution in [-0.2, 0) is 16.0 Å². The Morgan fingerprint density at radius 3 is 2.54 bits per heavy atom. The fraction of sp³-hybridized carbons (Fsp3) is 0.333. The van der Waals surface area contributed by atoms with Crippen molar-refractivity contribution in [2.45, 2.75) is 13.3 Å². The summed E-state index contributed by atoms with van der Waals surface area (Å²) in [6, 6.07) is 13.6. The molecule has 0 saturated carbocycles. The van der Waals surface area contributed by atoms with E-state index in [0.717, 1.165) is 0 Å². The van der Waals surface area contributed by atoms with E-state index in [-0.39, 0.29) is 30.7 Å². The Hall–Kier alpha value is -2.93. The van der Waals surface area contributed by atoms with E-state index in [2.05, 4.69) is 10.6 Å². The zero-order valence-corrected chi connectivity index (χ0v) is 16.2. The van der Waals surface area contributed by atoms with E-state index in [0.29, 0.717) is 36.5 Å². The Morgan fingerprint density at radius 2 is 1.82 bits per heavy atom. The number of benzene rings is 2. The fourth-order valence-corrected chi connectivity index (χ4v) is 2.68. The maximum Gasteiger partial charge on any atom is 0.238 e. The third-order valence-corrected chi connectivity index (χ3v) is 4.21. The highest BCUT2D eigenvalue weighted by molar-refractivity contribution is 5.92. The molecule has 0 aliphatic heterocycles. The van der Waals surface area contributed by atoms with Gasteiger partial charge in [0.25, 0.3) is 0 Å². The van der Waals surface area contributed by atoms with Crippen LogP contribution in [0.5, 0.6) is 5.75 Å². The maximum absolute atomic E-state index is 13.6. The predicted octanol–water partition coefficient (Wildman–Crippen LogP) is 2.45. The largest absolute Gasteiger partial charge is 0.497 e. The van der Waals surface area contributed by atoms with Crippen molar-refractivity contribution in [2.24, 2.45) is 0 Å². The number of methoxy groups -OCH3 is 1. The predicted molar refractivity (Wildman–Crippen MR) is 107 cm³/mol. The van der Waals surface area contributed by atoms with Crippen LogP contribution in [-0.4, -0.2) is 50.0 Å². The number of ether oxygens (including phenoxy) is 1. The van der Waals surface area contributed by atoms with Crippen LogP contribution in [0.3, 0.4) is 0 Å². The van der Waals surface area contributed by atoms with Crippen molar-refractivity contribution >= 4 is 17.5 Å². The third-order valence-electron chi connectivity index (χ3n) is 4.21. The van der Waals surface area contributed by atoms with Gasteiger partial charge in [0.1, 0.15) is 11.6 Å². The van der Waals surface area contributed by atoms with Gasteiger partial charge in [-0.2, -0.15) is 0 Å². The number of nitrogens with zero attached hydrogens (tertiary/aromatic N) is 1. The van der Waals surface area contributed by atoms with Gasteiger partial charge in [-0.1, -0.05) is 31.2 Å². The van der Waals surface area contributed by atoms with Crippen LogP contribution in [0.4, 0.5) is 10.1 Å². The molecule has 7 heteroatoms. The maximum atomic E-state index is 13.6. The molecule has 0 fully saturated rings. The third kappa shape index (κ3) is 7.00. The molecule has 150 valence electrons. The van der Waals surface area contributed by atoms with Gasteiger partial charge >= 0.3 is 0 Å². The van der Waals surface area contributed by atoms with Crippen molar-refractivity contribution in [3.8, 4) is 5.75 Å². The number of rotatable bonds is 10. The summed E-state index contributed by atoms with van der Waals surface area (Å²) in [6.45, 7) is 2.96. The van der Waals surface area contributed by atoms with Crippen LogP contribution >= 0.6 is 0 Å². The van der Waals surface area contributed by atoms with Crippen LogP contribution in [0.15, 0.2) is 48.5 Å². The number of carbonyl (C=O) groups is 2. The molecule has 0 saturated heterocycles. The van der Waals surface area contributed by atoms with Crippen molar-refractivity contribution in [1.82, 2.24) is 10.2 Å². The summed E-state index contributed by atoms with van der Waals surface area (Å²) in [5, 5.41) is 5.56. The number of hydrogen-bond acceptors (Lipinski definition) is 4. The second-order valence-corrected chi connectivity index (χ2v) is 6.27. The van der Waals surface area contributed by atoms with Gasteiger partial charge in [0.2, 0.25) is 11.8 Å². The highest BCUT2D eigenvalue weighted by Gasteiger charge is 2.13. The molecule has 0 aliphatic rings. The van der Waals surface area contributed by atoms with Gasteiger partial charge in [-0.25, -0.2) is 4.39 Å². The molecule has 2 aromatic carbocycles. The highest BCUT2D eigenvalue weighted by atomic mass is 19.1. The van der Waals surface area contributed by atoms with Crippen molar-refractivity contribution in [3.05, 3.63) is 59.9 Å². The molecule has 0 aromatic heterocycles. The van der Waals surface area contributed by atoms with Crippen LogP contribution in [0, 0.1) is 5.82 Å². The summed E-state index contributed by atoms with van der Waals surface area (Å²) in [4.78, 5) is 26.1. The molecule has 0 heterocycles. The van der Waals surface area contributed by atoms with Crippen LogP contribution in [0.2, 0.25) is 0 Å². The van der Waals surface area contributed by atoms with Crippen molar-refractivity contribution in [1.29, 1.82) is 0 Å². The Labute approximate surface area is 164 Å². The summed E-state index contributed by atoms with van der Waals surface area (Å²) in [6.07, 6.45) is 0.418. The van der Waals surface area contributed by atoms with Gasteiger partial charge in [0, 0.05) is 18.3 Å². The summed E-state index contributed by atoms with van der Waals surface area (Å²) in [7, 11) is 1.56. The summed E-state index contributed by atoms with van der Waals surface area (Å²) in [5.41, 5.74) is 1.20. The summed E-state index contributed by atoms with van der Waals surface area (Å²) in [5.74, 6) is -0.0397. The number of amides is 2. The molecule has 2 rings (SSSR count). The lowest BCUT2D eigenvalue weighted by atomic mass is 10.1. The van der Waals surface area contributed by atoms with E-state index in [1.54, 1.807) is 54.5 Å². The highest BCUT2D eigenvalue weighted by Crippen LogP contribution is 2.16. The lowest BCUT2D eigenvalue weighted by Gasteiger charge is -2.19. The zero-order valence-electron chi connectivity index (χ0n) is 16.2. The average Bonchev–Trinajstić information content (AvgIpc) is 2.69. The molecule has 2 amide bonds. The van der Waals surface area contributed by atoms with E-state index in [4.69, 9.17) is 4.74 Å². The van der Waals surface area contributed by atoms with Crippen LogP contribution in [0.1, 0.15) is 12.5 Å². The normalized spacial score (nSPS) is 10.6. The molecule has 6 nitrogen and oxygen atoms in total. The van der Waals surface area contributed by atoms with E-state index < -0.39 is 0 Å². The molecule has 0 spiro atoms. The number of anilines is 1. The number of nitrogens with one attached hydrogen (secondary N) is 2. The second kappa shape index (κ2) is 11.0. The second-order valence-electron chi connectivity index (χ2n) is 6.27. The van der Waals surface area contributed by atoms with Crippen LogP contribution < -0.4 is 15.4 Å². The molecular formula is C21H26FN3O3. The van der Waals surface area contributed by atoms with Gasteiger partial charge in [0.15, 0.2) is 0 Å².